The van der Waals surface area contributed by atoms with Gasteiger partial charge in [-0.1, -0.05) is 31.5 Å². The van der Waals surface area contributed by atoms with Crippen molar-refractivity contribution < 1.29 is 9.47 Å². The highest BCUT2D eigenvalue weighted by molar-refractivity contribution is 6.32. The molecule has 0 amide bonds. The molecule has 1 fully saturated rings. The number of rotatable bonds is 7. The third kappa shape index (κ3) is 5.50. The second-order valence-electron chi connectivity index (χ2n) is 6.25. The number of benzene rings is 1. The van der Waals surface area contributed by atoms with E-state index in [1.165, 1.54) is 5.56 Å². The number of hydrogen-bond donors (Lipinski definition) is 1. The van der Waals surface area contributed by atoms with Gasteiger partial charge in [0.05, 0.1) is 17.2 Å². The van der Waals surface area contributed by atoms with E-state index in [-0.39, 0.29) is 6.10 Å². The van der Waals surface area contributed by atoms with Crippen LogP contribution in [-0.2, 0) is 11.3 Å². The summed E-state index contributed by atoms with van der Waals surface area (Å²) in [5.74, 6) is 1.39. The molecule has 0 saturated carbocycles. The van der Waals surface area contributed by atoms with E-state index in [0.717, 1.165) is 31.7 Å². The summed E-state index contributed by atoms with van der Waals surface area (Å²) in [4.78, 5) is 0. The van der Waals surface area contributed by atoms with Gasteiger partial charge in [0.2, 0.25) is 0 Å². The average Bonchev–Trinajstić information content (AvgIpc) is 2.83. The van der Waals surface area contributed by atoms with E-state index in [1.807, 2.05) is 12.1 Å². The van der Waals surface area contributed by atoms with Crippen molar-refractivity contribution in [1.82, 2.24) is 5.32 Å². The van der Waals surface area contributed by atoms with Gasteiger partial charge in [0.15, 0.2) is 0 Å². The fourth-order valence-electron chi connectivity index (χ4n) is 2.47. The minimum Gasteiger partial charge on any atom is -0.489 e. The van der Waals surface area contributed by atoms with Crippen molar-refractivity contribution in [2.45, 2.75) is 52.4 Å². The Balaban J connectivity index is 1.81. The van der Waals surface area contributed by atoms with Gasteiger partial charge in [-0.3, -0.25) is 0 Å². The van der Waals surface area contributed by atoms with Gasteiger partial charge in [0.25, 0.3) is 0 Å². The molecule has 0 aromatic heterocycles. The highest BCUT2D eigenvalue weighted by atomic mass is 35.5. The summed E-state index contributed by atoms with van der Waals surface area (Å²) in [7, 11) is 0. The molecule has 1 N–H and O–H groups in total. The van der Waals surface area contributed by atoms with Crippen molar-refractivity contribution >= 4 is 11.6 Å². The van der Waals surface area contributed by atoms with Crippen LogP contribution in [0.3, 0.4) is 0 Å². The lowest BCUT2D eigenvalue weighted by atomic mass is 10.2. The molecule has 2 rings (SSSR count). The average molecular weight is 312 g/mol. The maximum atomic E-state index is 6.29. The Labute approximate surface area is 133 Å². The molecule has 1 heterocycles. The predicted molar refractivity (Wildman–Crippen MR) is 87.1 cm³/mol. The van der Waals surface area contributed by atoms with Gasteiger partial charge in [-0.2, -0.15) is 0 Å². The highest BCUT2D eigenvalue weighted by Crippen LogP contribution is 2.27. The molecule has 3 nitrogen and oxygen atoms in total. The molecular weight excluding hydrogens is 286 g/mol. The van der Waals surface area contributed by atoms with Crippen molar-refractivity contribution in [2.24, 2.45) is 5.92 Å². The Hall–Kier alpha value is -0.770. The standard InChI is InChI=1S/C17H26ClNO2/c1-12(2)9-19-10-14-5-7-17(16(18)8-14)20-11-15-6-4-13(3)21-15/h5,7-8,12-13,15,19H,4,6,9-11H2,1-3H3. The summed E-state index contributed by atoms with van der Waals surface area (Å²) in [6.07, 6.45) is 2.73. The topological polar surface area (TPSA) is 30.5 Å². The molecule has 2 atom stereocenters. The number of hydrogen-bond acceptors (Lipinski definition) is 3. The first-order valence-electron chi connectivity index (χ1n) is 7.82. The quantitative estimate of drug-likeness (QED) is 0.824. The monoisotopic (exact) mass is 311 g/mol. The Kier molecular flexibility index (Phi) is 6.34. The van der Waals surface area contributed by atoms with E-state index >= 15 is 0 Å². The van der Waals surface area contributed by atoms with Crippen molar-refractivity contribution in [3.63, 3.8) is 0 Å². The molecule has 1 aliphatic rings. The van der Waals surface area contributed by atoms with Crippen LogP contribution in [0.4, 0.5) is 0 Å². The second kappa shape index (κ2) is 8.02. The maximum absolute atomic E-state index is 6.29. The van der Waals surface area contributed by atoms with Gasteiger partial charge in [-0.25, -0.2) is 0 Å². The largest absolute Gasteiger partial charge is 0.489 e. The van der Waals surface area contributed by atoms with E-state index in [1.54, 1.807) is 0 Å². The fourth-order valence-corrected chi connectivity index (χ4v) is 2.72. The van der Waals surface area contributed by atoms with E-state index in [2.05, 4.69) is 32.2 Å². The Bertz CT molecular complexity index is 450. The van der Waals surface area contributed by atoms with Crippen LogP contribution in [-0.4, -0.2) is 25.4 Å². The lowest BCUT2D eigenvalue weighted by Crippen LogP contribution is -2.19. The zero-order chi connectivity index (χ0) is 15.2. The van der Waals surface area contributed by atoms with Gasteiger partial charge in [-0.05, 0) is 49.9 Å². The van der Waals surface area contributed by atoms with Crippen LogP contribution in [0.1, 0.15) is 39.2 Å². The first-order chi connectivity index (χ1) is 10.0. The van der Waals surface area contributed by atoms with Crippen LogP contribution < -0.4 is 10.1 Å². The van der Waals surface area contributed by atoms with Crippen LogP contribution >= 0.6 is 11.6 Å². The lowest BCUT2D eigenvalue weighted by molar-refractivity contribution is 0.0265. The fraction of sp³-hybridized carbons (Fsp3) is 0.647. The van der Waals surface area contributed by atoms with E-state index < -0.39 is 0 Å². The van der Waals surface area contributed by atoms with Gasteiger partial charge in [0.1, 0.15) is 12.4 Å². The third-order valence-electron chi connectivity index (χ3n) is 3.62. The van der Waals surface area contributed by atoms with Crippen LogP contribution in [0.5, 0.6) is 5.75 Å². The molecule has 0 aliphatic carbocycles. The summed E-state index contributed by atoms with van der Waals surface area (Å²) in [5, 5.41) is 4.08. The summed E-state index contributed by atoms with van der Waals surface area (Å²) < 4.78 is 11.5. The van der Waals surface area contributed by atoms with Crippen LogP contribution in [0.25, 0.3) is 0 Å². The van der Waals surface area contributed by atoms with Gasteiger partial charge in [0, 0.05) is 6.54 Å². The molecule has 0 spiro atoms. The van der Waals surface area contributed by atoms with E-state index in [4.69, 9.17) is 21.1 Å². The molecule has 1 aliphatic heterocycles. The number of halogens is 1. The van der Waals surface area contributed by atoms with Crippen molar-refractivity contribution in [1.29, 1.82) is 0 Å². The zero-order valence-corrected chi connectivity index (χ0v) is 14.0. The summed E-state index contributed by atoms with van der Waals surface area (Å²) >= 11 is 6.29. The third-order valence-corrected chi connectivity index (χ3v) is 3.92. The first kappa shape index (κ1) is 16.6. The normalized spacial score (nSPS) is 22.0. The summed E-state index contributed by atoms with van der Waals surface area (Å²) in [5.41, 5.74) is 1.18. The van der Waals surface area contributed by atoms with Gasteiger partial charge < -0.3 is 14.8 Å². The van der Waals surface area contributed by atoms with Gasteiger partial charge in [-0.15, -0.1) is 0 Å². The summed E-state index contributed by atoms with van der Waals surface area (Å²) in [6.45, 7) is 8.92. The Morgan fingerprint density at radius 3 is 2.81 bits per heavy atom. The molecule has 21 heavy (non-hydrogen) atoms. The molecular formula is C17H26ClNO2. The summed E-state index contributed by atoms with van der Waals surface area (Å²) in [6, 6.07) is 5.99. The van der Waals surface area contributed by atoms with Crippen LogP contribution in [0, 0.1) is 5.92 Å². The zero-order valence-electron chi connectivity index (χ0n) is 13.2. The number of ether oxygens (including phenoxy) is 2. The minimum atomic E-state index is 0.198. The van der Waals surface area contributed by atoms with E-state index in [0.29, 0.717) is 23.7 Å². The van der Waals surface area contributed by atoms with Crippen molar-refractivity contribution in [2.75, 3.05) is 13.2 Å². The van der Waals surface area contributed by atoms with Crippen molar-refractivity contribution in [3.05, 3.63) is 28.8 Å². The Morgan fingerprint density at radius 2 is 2.19 bits per heavy atom. The molecule has 0 radical (unpaired) electrons. The molecule has 4 heteroatoms. The highest BCUT2D eigenvalue weighted by Gasteiger charge is 2.22. The predicted octanol–water partition coefficient (Wildman–Crippen LogP) is 4.03. The lowest BCUT2D eigenvalue weighted by Gasteiger charge is -2.14. The molecule has 2 unspecified atom stereocenters. The smallest absolute Gasteiger partial charge is 0.138 e. The van der Waals surface area contributed by atoms with Crippen molar-refractivity contribution in [3.8, 4) is 5.75 Å². The van der Waals surface area contributed by atoms with Gasteiger partial charge >= 0.3 is 0 Å². The second-order valence-corrected chi connectivity index (χ2v) is 6.65. The molecule has 118 valence electrons. The molecule has 1 aromatic rings. The minimum absolute atomic E-state index is 0.198. The van der Waals surface area contributed by atoms with Crippen LogP contribution in [0.15, 0.2) is 18.2 Å². The molecule has 1 aromatic carbocycles. The van der Waals surface area contributed by atoms with Crippen LogP contribution in [0.2, 0.25) is 5.02 Å². The Morgan fingerprint density at radius 1 is 1.38 bits per heavy atom. The molecule has 0 bridgehead atoms. The maximum Gasteiger partial charge on any atom is 0.138 e. The SMILES string of the molecule is CC(C)CNCc1ccc(OCC2CCC(C)O2)c(Cl)c1. The number of nitrogens with one attached hydrogen (secondary N) is 1. The first-order valence-corrected chi connectivity index (χ1v) is 8.19. The van der Waals surface area contributed by atoms with E-state index in [9.17, 15) is 0 Å². The molecule has 1 saturated heterocycles.